The molecule has 39 heavy (non-hydrogen) atoms. The summed E-state index contributed by atoms with van der Waals surface area (Å²) in [5, 5.41) is 13.3. The van der Waals surface area contributed by atoms with E-state index in [1.165, 1.54) is 34.3 Å². The second kappa shape index (κ2) is 10.7. The second-order valence-electron chi connectivity index (χ2n) is 9.62. The Morgan fingerprint density at radius 3 is 2.72 bits per heavy atom. The zero-order valence-corrected chi connectivity index (χ0v) is 23.6. The molecule has 0 bridgehead atoms. The lowest BCUT2D eigenvalue weighted by molar-refractivity contribution is -0.113. The Morgan fingerprint density at radius 1 is 1.13 bits per heavy atom. The first kappa shape index (κ1) is 25.9. The molecule has 0 saturated heterocycles. The van der Waals surface area contributed by atoms with E-state index in [4.69, 9.17) is 0 Å². The first-order chi connectivity index (χ1) is 18.9. The number of fused-ring (bicyclic) bond motifs is 5. The van der Waals surface area contributed by atoms with Gasteiger partial charge in [0.1, 0.15) is 11.2 Å². The number of sulfonamides is 1. The van der Waals surface area contributed by atoms with E-state index in [-0.39, 0.29) is 23.1 Å². The van der Waals surface area contributed by atoms with E-state index in [1.807, 2.05) is 34.7 Å². The minimum Gasteiger partial charge on any atom is -0.325 e. The van der Waals surface area contributed by atoms with Gasteiger partial charge in [-0.25, -0.2) is 18.1 Å². The number of aromatic nitrogens is 4. The van der Waals surface area contributed by atoms with Crippen molar-refractivity contribution >= 4 is 60.6 Å². The molecule has 3 aromatic heterocycles. The number of nitrogens with zero attached hydrogens (tertiary/aromatic N) is 4. The maximum Gasteiger partial charge on any atom is 0.240 e. The molecule has 0 fully saturated rings. The molecule has 1 atom stereocenters. The van der Waals surface area contributed by atoms with Crippen LogP contribution in [0.2, 0.25) is 0 Å². The summed E-state index contributed by atoms with van der Waals surface area (Å²) in [6.07, 6.45) is 5.00. The van der Waals surface area contributed by atoms with Gasteiger partial charge in [-0.15, -0.1) is 21.5 Å². The fraction of sp³-hybridized carbons (Fsp3) is 0.259. The molecule has 0 spiro atoms. The number of benzene rings is 2. The summed E-state index contributed by atoms with van der Waals surface area (Å²) >= 11 is 3.03. The molecule has 2 aromatic carbocycles. The fourth-order valence-electron chi connectivity index (χ4n) is 4.72. The molecule has 200 valence electrons. The van der Waals surface area contributed by atoms with Crippen LogP contribution in [-0.2, 0) is 34.2 Å². The van der Waals surface area contributed by atoms with Crippen LogP contribution >= 0.6 is 23.1 Å². The molecule has 1 amide bonds. The lowest BCUT2D eigenvalue weighted by Gasteiger charge is -2.17. The standard InChI is InChI=1S/C27H26N6O3S3/c1-17-7-12-21-22(13-17)38-26-24(21)25-31-32-27(33(25)16-28-26)37-15-23(34)30-19-8-10-20(11-9-19)39(35,36)29-14-18-5-3-2-4-6-18/h2-6,8-11,16-17,29H,7,12-15H2,1H3,(H,30,34)/t17-/m1/s1. The first-order valence-electron chi connectivity index (χ1n) is 12.6. The summed E-state index contributed by atoms with van der Waals surface area (Å²) in [7, 11) is -3.67. The highest BCUT2D eigenvalue weighted by Gasteiger charge is 2.24. The molecule has 0 radical (unpaired) electrons. The van der Waals surface area contributed by atoms with Crippen molar-refractivity contribution in [3.63, 3.8) is 0 Å². The highest BCUT2D eigenvalue weighted by Crippen LogP contribution is 2.39. The zero-order valence-electron chi connectivity index (χ0n) is 21.1. The van der Waals surface area contributed by atoms with E-state index >= 15 is 0 Å². The maximum absolute atomic E-state index is 12.6. The fourth-order valence-corrected chi connectivity index (χ4v) is 7.79. The van der Waals surface area contributed by atoms with Gasteiger partial charge in [-0.2, -0.15) is 0 Å². The van der Waals surface area contributed by atoms with Crippen LogP contribution in [-0.4, -0.2) is 39.7 Å². The maximum atomic E-state index is 12.6. The third kappa shape index (κ3) is 5.42. The number of carbonyl (C=O) groups excluding carboxylic acids is 1. The first-order valence-corrected chi connectivity index (χ1v) is 15.9. The van der Waals surface area contributed by atoms with Crippen molar-refractivity contribution in [2.45, 2.75) is 42.8 Å². The molecule has 0 unspecified atom stereocenters. The molecule has 0 saturated carbocycles. The average molecular weight is 579 g/mol. The number of thiophene rings is 1. The Balaban J connectivity index is 1.09. The lowest BCUT2D eigenvalue weighted by atomic mass is 9.89. The molecule has 2 N–H and O–H groups in total. The number of anilines is 1. The predicted octanol–water partition coefficient (Wildman–Crippen LogP) is 4.67. The Hall–Kier alpha value is -3.32. The Morgan fingerprint density at radius 2 is 1.92 bits per heavy atom. The van der Waals surface area contributed by atoms with Crippen molar-refractivity contribution in [1.82, 2.24) is 24.3 Å². The van der Waals surface area contributed by atoms with Crippen molar-refractivity contribution in [2.24, 2.45) is 5.92 Å². The molecule has 0 aliphatic heterocycles. The minimum atomic E-state index is -3.67. The summed E-state index contributed by atoms with van der Waals surface area (Å²) in [6, 6.07) is 15.4. The SMILES string of the molecule is C[C@@H]1CCc2c(sc3ncn4c(SCC(=O)Nc5ccc(S(=O)(=O)NCc6ccccc6)cc5)nnc4c23)C1. The van der Waals surface area contributed by atoms with Gasteiger partial charge >= 0.3 is 0 Å². The van der Waals surface area contributed by atoms with Crippen LogP contribution in [0, 0.1) is 5.92 Å². The Bertz CT molecular complexity index is 1770. The van der Waals surface area contributed by atoms with E-state index in [2.05, 4.69) is 32.1 Å². The number of rotatable bonds is 8. The van der Waals surface area contributed by atoms with Crippen LogP contribution in [0.25, 0.3) is 15.9 Å². The minimum absolute atomic E-state index is 0.122. The summed E-state index contributed by atoms with van der Waals surface area (Å²) in [6.45, 7) is 2.49. The second-order valence-corrected chi connectivity index (χ2v) is 13.4. The van der Waals surface area contributed by atoms with Gasteiger partial charge in [0, 0.05) is 17.1 Å². The highest BCUT2D eigenvalue weighted by molar-refractivity contribution is 7.99. The van der Waals surface area contributed by atoms with Gasteiger partial charge in [0.25, 0.3) is 0 Å². The van der Waals surface area contributed by atoms with Gasteiger partial charge in [0.2, 0.25) is 15.9 Å². The molecular formula is C27H26N6O3S3. The van der Waals surface area contributed by atoms with Gasteiger partial charge in [0.15, 0.2) is 10.8 Å². The van der Waals surface area contributed by atoms with Crippen LogP contribution in [0.15, 0.2) is 71.0 Å². The van der Waals surface area contributed by atoms with Crippen LogP contribution < -0.4 is 10.0 Å². The molecule has 1 aliphatic carbocycles. The monoisotopic (exact) mass is 578 g/mol. The summed E-state index contributed by atoms with van der Waals surface area (Å²) in [5.74, 6) is 0.572. The van der Waals surface area contributed by atoms with Crippen LogP contribution in [0.4, 0.5) is 5.69 Å². The number of hydrogen-bond acceptors (Lipinski definition) is 8. The Kier molecular flexibility index (Phi) is 7.10. The van der Waals surface area contributed by atoms with Gasteiger partial charge in [-0.05, 0) is 60.6 Å². The average Bonchev–Trinajstić information content (AvgIpc) is 3.52. The van der Waals surface area contributed by atoms with Gasteiger partial charge in [-0.3, -0.25) is 9.20 Å². The Labute approximate surface area is 234 Å². The van der Waals surface area contributed by atoms with Crippen LogP contribution in [0.1, 0.15) is 29.3 Å². The molecular weight excluding hydrogens is 553 g/mol. The third-order valence-corrected chi connectivity index (χ3v) is 10.3. The van der Waals surface area contributed by atoms with Crippen molar-refractivity contribution in [2.75, 3.05) is 11.1 Å². The highest BCUT2D eigenvalue weighted by atomic mass is 32.2. The van der Waals surface area contributed by atoms with E-state index in [0.717, 1.165) is 40.7 Å². The van der Waals surface area contributed by atoms with Crippen molar-refractivity contribution in [1.29, 1.82) is 0 Å². The predicted molar refractivity (Wildman–Crippen MR) is 154 cm³/mol. The molecule has 1 aliphatic rings. The molecule has 5 aromatic rings. The van der Waals surface area contributed by atoms with Crippen molar-refractivity contribution in [3.8, 4) is 0 Å². The summed E-state index contributed by atoms with van der Waals surface area (Å²) < 4.78 is 29.7. The summed E-state index contributed by atoms with van der Waals surface area (Å²) in [4.78, 5) is 19.8. The molecule has 6 rings (SSSR count). The van der Waals surface area contributed by atoms with Crippen LogP contribution in [0.5, 0.6) is 0 Å². The van der Waals surface area contributed by atoms with Crippen LogP contribution in [0.3, 0.4) is 0 Å². The van der Waals surface area contributed by atoms with E-state index < -0.39 is 10.0 Å². The normalized spacial score (nSPS) is 15.5. The van der Waals surface area contributed by atoms with E-state index in [0.29, 0.717) is 16.8 Å². The van der Waals surface area contributed by atoms with Crippen molar-refractivity contribution in [3.05, 3.63) is 76.9 Å². The quantitative estimate of drug-likeness (QED) is 0.257. The molecule has 9 nitrogen and oxygen atoms in total. The zero-order chi connectivity index (χ0) is 27.0. The van der Waals surface area contributed by atoms with Gasteiger partial charge in [-0.1, -0.05) is 49.0 Å². The number of thioether (sulfide) groups is 1. The third-order valence-electron chi connectivity index (χ3n) is 6.76. The van der Waals surface area contributed by atoms with Gasteiger partial charge < -0.3 is 5.32 Å². The topological polar surface area (TPSA) is 118 Å². The van der Waals surface area contributed by atoms with E-state index in [9.17, 15) is 13.2 Å². The summed E-state index contributed by atoms with van der Waals surface area (Å²) in [5.41, 5.74) is 3.50. The number of aryl methyl sites for hydroxylation is 1. The van der Waals surface area contributed by atoms with Gasteiger partial charge in [0.05, 0.1) is 16.0 Å². The largest absolute Gasteiger partial charge is 0.325 e. The molecule has 12 heteroatoms. The number of carbonyl (C=O) groups is 1. The smallest absolute Gasteiger partial charge is 0.240 e. The lowest BCUT2D eigenvalue weighted by Crippen LogP contribution is -2.23. The number of hydrogen-bond donors (Lipinski definition) is 2. The number of amides is 1. The van der Waals surface area contributed by atoms with E-state index in [1.54, 1.807) is 29.8 Å². The van der Waals surface area contributed by atoms with Crippen molar-refractivity contribution < 1.29 is 13.2 Å². The number of nitrogens with one attached hydrogen (secondary N) is 2. The molecule has 3 heterocycles.